The molecule has 2 unspecified atom stereocenters. The standard InChI is InChI=1S/C16H21NO2S/c1-11-8-13(3)17(10-11)16(19)15-9-12(2)14(20-15)6-4-5-7-18/h9,11,13,18H,5,7-8,10H2,1-3H3. The Bertz CT molecular complexity index is 553. The van der Waals surface area contributed by atoms with Crippen LogP contribution in [0.25, 0.3) is 0 Å². The summed E-state index contributed by atoms with van der Waals surface area (Å²) in [7, 11) is 0. The summed E-state index contributed by atoms with van der Waals surface area (Å²) in [6.07, 6.45) is 1.56. The van der Waals surface area contributed by atoms with Crippen molar-refractivity contribution in [1.29, 1.82) is 0 Å². The van der Waals surface area contributed by atoms with Crippen LogP contribution < -0.4 is 0 Å². The van der Waals surface area contributed by atoms with E-state index >= 15 is 0 Å². The molecule has 0 saturated carbocycles. The highest BCUT2D eigenvalue weighted by atomic mass is 32.1. The number of hydrogen-bond donors (Lipinski definition) is 1. The first-order valence-electron chi connectivity index (χ1n) is 7.04. The lowest BCUT2D eigenvalue weighted by atomic mass is 10.1. The molecule has 1 saturated heterocycles. The van der Waals surface area contributed by atoms with Gasteiger partial charge in [0.2, 0.25) is 0 Å². The third-order valence-electron chi connectivity index (χ3n) is 3.61. The third-order valence-corrected chi connectivity index (χ3v) is 4.75. The summed E-state index contributed by atoms with van der Waals surface area (Å²) in [5.74, 6) is 6.66. The number of nitrogens with zero attached hydrogens (tertiary/aromatic N) is 1. The number of aliphatic hydroxyl groups excluding tert-OH is 1. The summed E-state index contributed by atoms with van der Waals surface area (Å²) in [5, 5.41) is 8.74. The fraction of sp³-hybridized carbons (Fsp3) is 0.562. The van der Waals surface area contributed by atoms with Crippen LogP contribution in [0.15, 0.2) is 6.07 Å². The molecule has 0 aliphatic carbocycles. The highest BCUT2D eigenvalue weighted by Gasteiger charge is 2.31. The Labute approximate surface area is 124 Å². The maximum Gasteiger partial charge on any atom is 0.264 e. The summed E-state index contributed by atoms with van der Waals surface area (Å²) < 4.78 is 0. The molecule has 1 N–H and O–H groups in total. The van der Waals surface area contributed by atoms with Crippen molar-refractivity contribution in [2.24, 2.45) is 5.92 Å². The highest BCUT2D eigenvalue weighted by molar-refractivity contribution is 7.14. The molecule has 1 amide bonds. The van der Waals surface area contributed by atoms with Gasteiger partial charge in [0.15, 0.2) is 0 Å². The van der Waals surface area contributed by atoms with Crippen LogP contribution in [0, 0.1) is 24.7 Å². The SMILES string of the molecule is Cc1cc(C(=O)N2CC(C)CC2C)sc1C#CCCO. The first kappa shape index (κ1) is 15.1. The van der Waals surface area contributed by atoms with E-state index in [0.29, 0.717) is 18.4 Å². The lowest BCUT2D eigenvalue weighted by Gasteiger charge is -2.20. The summed E-state index contributed by atoms with van der Waals surface area (Å²) in [6, 6.07) is 2.26. The summed E-state index contributed by atoms with van der Waals surface area (Å²) >= 11 is 1.46. The maximum absolute atomic E-state index is 12.5. The monoisotopic (exact) mass is 291 g/mol. The van der Waals surface area contributed by atoms with Crippen molar-refractivity contribution in [2.75, 3.05) is 13.2 Å². The molecule has 0 spiro atoms. The van der Waals surface area contributed by atoms with Crippen LogP contribution in [0.3, 0.4) is 0 Å². The Kier molecular flexibility index (Phi) is 4.85. The van der Waals surface area contributed by atoms with Crippen molar-refractivity contribution in [3.05, 3.63) is 21.4 Å². The van der Waals surface area contributed by atoms with E-state index in [-0.39, 0.29) is 12.5 Å². The van der Waals surface area contributed by atoms with Crippen LogP contribution in [-0.4, -0.2) is 35.1 Å². The van der Waals surface area contributed by atoms with Gasteiger partial charge in [-0.25, -0.2) is 0 Å². The zero-order chi connectivity index (χ0) is 14.7. The smallest absolute Gasteiger partial charge is 0.264 e. The van der Waals surface area contributed by atoms with Crippen LogP contribution >= 0.6 is 11.3 Å². The van der Waals surface area contributed by atoms with E-state index in [2.05, 4.69) is 25.7 Å². The van der Waals surface area contributed by atoms with Gasteiger partial charge in [0.05, 0.1) is 16.4 Å². The van der Waals surface area contributed by atoms with Crippen molar-refractivity contribution in [2.45, 2.75) is 39.7 Å². The van der Waals surface area contributed by atoms with Crippen LogP contribution in [0.4, 0.5) is 0 Å². The largest absolute Gasteiger partial charge is 0.395 e. The predicted octanol–water partition coefficient (Wildman–Crippen LogP) is 2.66. The second-order valence-electron chi connectivity index (χ2n) is 5.55. The van der Waals surface area contributed by atoms with Crippen molar-refractivity contribution in [1.82, 2.24) is 4.90 Å². The molecule has 2 atom stereocenters. The van der Waals surface area contributed by atoms with Gasteiger partial charge in [-0.1, -0.05) is 18.8 Å². The average molecular weight is 291 g/mol. The number of amides is 1. The first-order chi connectivity index (χ1) is 9.52. The number of aliphatic hydroxyl groups is 1. The van der Waals surface area contributed by atoms with Gasteiger partial charge >= 0.3 is 0 Å². The van der Waals surface area contributed by atoms with Crippen molar-refractivity contribution in [3.8, 4) is 11.8 Å². The number of carbonyl (C=O) groups is 1. The predicted molar refractivity (Wildman–Crippen MR) is 81.9 cm³/mol. The van der Waals surface area contributed by atoms with Gasteiger partial charge < -0.3 is 10.0 Å². The number of aryl methyl sites for hydroxylation is 1. The van der Waals surface area contributed by atoms with Gasteiger partial charge in [0.25, 0.3) is 5.91 Å². The van der Waals surface area contributed by atoms with Crippen molar-refractivity contribution >= 4 is 17.2 Å². The van der Waals surface area contributed by atoms with E-state index in [1.807, 2.05) is 17.9 Å². The highest BCUT2D eigenvalue weighted by Crippen LogP contribution is 2.28. The molecule has 0 aromatic carbocycles. The first-order valence-corrected chi connectivity index (χ1v) is 7.85. The van der Waals surface area contributed by atoms with Gasteiger partial charge in [0.1, 0.15) is 0 Å². The summed E-state index contributed by atoms with van der Waals surface area (Å²) in [4.78, 5) is 16.2. The molecule has 0 radical (unpaired) electrons. The maximum atomic E-state index is 12.5. The average Bonchev–Trinajstić information content (AvgIpc) is 2.92. The second kappa shape index (κ2) is 6.43. The molecule has 108 valence electrons. The Morgan fingerprint density at radius 2 is 2.30 bits per heavy atom. The van der Waals surface area contributed by atoms with Gasteiger partial charge in [-0.2, -0.15) is 0 Å². The molecule has 1 aromatic rings. The molecular formula is C16H21NO2S. The quantitative estimate of drug-likeness (QED) is 0.851. The minimum absolute atomic E-state index is 0.0758. The number of hydrogen-bond acceptors (Lipinski definition) is 3. The van der Waals surface area contributed by atoms with E-state index in [1.54, 1.807) is 0 Å². The summed E-state index contributed by atoms with van der Waals surface area (Å²) in [6.45, 7) is 7.21. The van der Waals surface area contributed by atoms with E-state index in [9.17, 15) is 4.79 Å². The van der Waals surface area contributed by atoms with Crippen LogP contribution in [0.1, 0.15) is 46.8 Å². The van der Waals surface area contributed by atoms with E-state index in [4.69, 9.17) is 5.11 Å². The van der Waals surface area contributed by atoms with E-state index in [1.165, 1.54) is 11.3 Å². The fourth-order valence-electron chi connectivity index (χ4n) is 2.63. The van der Waals surface area contributed by atoms with Crippen LogP contribution in [0.2, 0.25) is 0 Å². The van der Waals surface area contributed by atoms with E-state index < -0.39 is 0 Å². The molecule has 1 aromatic heterocycles. The Balaban J connectivity index is 2.16. The van der Waals surface area contributed by atoms with Gasteiger partial charge in [-0.15, -0.1) is 11.3 Å². The Morgan fingerprint density at radius 3 is 2.90 bits per heavy atom. The molecule has 2 rings (SSSR count). The van der Waals surface area contributed by atoms with Crippen LogP contribution in [0.5, 0.6) is 0 Å². The lowest BCUT2D eigenvalue weighted by molar-refractivity contribution is 0.0748. The fourth-order valence-corrected chi connectivity index (χ4v) is 3.64. The normalized spacial score (nSPS) is 21.7. The Hall–Kier alpha value is -1.31. The van der Waals surface area contributed by atoms with Crippen LogP contribution in [-0.2, 0) is 0 Å². The molecule has 1 aliphatic heterocycles. The zero-order valence-corrected chi connectivity index (χ0v) is 13.1. The Morgan fingerprint density at radius 1 is 1.55 bits per heavy atom. The molecule has 4 heteroatoms. The molecule has 2 heterocycles. The minimum atomic E-state index is 0.0758. The van der Waals surface area contributed by atoms with Crippen molar-refractivity contribution in [3.63, 3.8) is 0 Å². The number of likely N-dealkylation sites (tertiary alicyclic amines) is 1. The zero-order valence-electron chi connectivity index (χ0n) is 12.3. The number of thiophene rings is 1. The second-order valence-corrected chi connectivity index (χ2v) is 6.60. The molecule has 3 nitrogen and oxygen atoms in total. The van der Waals surface area contributed by atoms with Gasteiger partial charge in [0, 0.05) is 19.0 Å². The van der Waals surface area contributed by atoms with Crippen molar-refractivity contribution < 1.29 is 9.90 Å². The van der Waals surface area contributed by atoms with Gasteiger partial charge in [-0.05, 0) is 37.8 Å². The number of carbonyl (C=O) groups excluding carboxylic acids is 1. The molecular weight excluding hydrogens is 270 g/mol. The molecule has 1 aliphatic rings. The minimum Gasteiger partial charge on any atom is -0.395 e. The topological polar surface area (TPSA) is 40.5 Å². The number of rotatable bonds is 2. The molecule has 0 bridgehead atoms. The van der Waals surface area contributed by atoms with E-state index in [0.717, 1.165) is 28.3 Å². The third kappa shape index (κ3) is 3.23. The lowest BCUT2D eigenvalue weighted by Crippen LogP contribution is -2.33. The molecule has 1 fully saturated rings. The molecule has 20 heavy (non-hydrogen) atoms. The summed E-state index contributed by atoms with van der Waals surface area (Å²) in [5.41, 5.74) is 1.05. The van der Waals surface area contributed by atoms with Gasteiger partial charge in [-0.3, -0.25) is 4.79 Å².